The summed E-state index contributed by atoms with van der Waals surface area (Å²) in [6.07, 6.45) is 2.96. The first-order valence-corrected chi connectivity index (χ1v) is 7.58. The topological polar surface area (TPSA) is 34.1 Å². The first kappa shape index (κ1) is 14.0. The van der Waals surface area contributed by atoms with Gasteiger partial charge in [0.15, 0.2) is 0 Å². The Balaban J connectivity index is 2.24. The van der Waals surface area contributed by atoms with E-state index in [1.165, 1.54) is 5.56 Å². The van der Waals surface area contributed by atoms with Crippen molar-refractivity contribution >= 4 is 11.3 Å². The van der Waals surface area contributed by atoms with Gasteiger partial charge in [0.1, 0.15) is 10.8 Å². The number of benzene rings is 1. The van der Waals surface area contributed by atoms with Crippen LogP contribution in [0.15, 0.2) is 35.8 Å². The molecule has 0 aliphatic heterocycles. The van der Waals surface area contributed by atoms with Crippen LogP contribution in [0.1, 0.15) is 36.9 Å². The van der Waals surface area contributed by atoms with Gasteiger partial charge in [-0.25, -0.2) is 4.98 Å². The highest BCUT2D eigenvalue weighted by Crippen LogP contribution is 2.26. The molecular formula is C15H20N2OS. The summed E-state index contributed by atoms with van der Waals surface area (Å²) in [4.78, 5) is 4.44. The molecule has 0 fully saturated rings. The van der Waals surface area contributed by atoms with Crippen molar-refractivity contribution in [3.05, 3.63) is 46.4 Å². The molecule has 2 rings (SSSR count). The molecule has 3 nitrogen and oxygen atoms in total. The Morgan fingerprint density at radius 3 is 2.95 bits per heavy atom. The third-order valence-electron chi connectivity index (χ3n) is 2.80. The first-order valence-electron chi connectivity index (χ1n) is 6.70. The van der Waals surface area contributed by atoms with Crippen molar-refractivity contribution in [2.75, 3.05) is 13.2 Å². The molecule has 1 heterocycles. The van der Waals surface area contributed by atoms with E-state index < -0.39 is 0 Å². The predicted molar refractivity (Wildman–Crippen MR) is 79.9 cm³/mol. The molecule has 4 heteroatoms. The van der Waals surface area contributed by atoms with E-state index in [0.29, 0.717) is 6.61 Å². The monoisotopic (exact) mass is 276 g/mol. The minimum atomic E-state index is 0.153. The van der Waals surface area contributed by atoms with Crippen LogP contribution in [-0.2, 0) is 0 Å². The van der Waals surface area contributed by atoms with Crippen molar-refractivity contribution in [3.63, 3.8) is 0 Å². The summed E-state index contributed by atoms with van der Waals surface area (Å²) in [5, 5.41) is 6.67. The number of hydrogen-bond donors (Lipinski definition) is 1. The quantitative estimate of drug-likeness (QED) is 0.838. The van der Waals surface area contributed by atoms with Crippen LogP contribution < -0.4 is 10.1 Å². The van der Waals surface area contributed by atoms with Gasteiger partial charge in [0, 0.05) is 11.6 Å². The van der Waals surface area contributed by atoms with E-state index in [1.807, 2.05) is 30.6 Å². The molecule has 1 unspecified atom stereocenters. The van der Waals surface area contributed by atoms with Crippen molar-refractivity contribution in [1.29, 1.82) is 0 Å². The number of rotatable bonds is 7. The van der Waals surface area contributed by atoms with Crippen molar-refractivity contribution < 1.29 is 4.74 Å². The molecule has 1 aromatic carbocycles. The lowest BCUT2D eigenvalue weighted by molar-refractivity contribution is 0.339. The summed E-state index contributed by atoms with van der Waals surface area (Å²) in [6.45, 7) is 5.83. The number of thiazole rings is 1. The highest BCUT2D eigenvalue weighted by atomic mass is 32.1. The number of nitrogens with one attached hydrogen (secondary N) is 1. The summed E-state index contributed by atoms with van der Waals surface area (Å²) < 4.78 is 5.57. The zero-order valence-electron chi connectivity index (χ0n) is 11.4. The molecule has 0 saturated carbocycles. The summed E-state index contributed by atoms with van der Waals surface area (Å²) in [5.74, 6) is 0.917. The zero-order chi connectivity index (χ0) is 13.5. The SMILES string of the molecule is CCCNC(c1cccc(OCC)c1)c1nccs1. The van der Waals surface area contributed by atoms with Gasteiger partial charge < -0.3 is 10.1 Å². The minimum Gasteiger partial charge on any atom is -0.494 e. The van der Waals surface area contributed by atoms with E-state index in [-0.39, 0.29) is 6.04 Å². The first-order chi connectivity index (χ1) is 9.35. The second-order valence-electron chi connectivity index (χ2n) is 4.26. The molecule has 1 atom stereocenters. The van der Waals surface area contributed by atoms with Gasteiger partial charge >= 0.3 is 0 Å². The van der Waals surface area contributed by atoms with E-state index >= 15 is 0 Å². The Kier molecular flexibility index (Phi) is 5.36. The Hall–Kier alpha value is -1.39. The van der Waals surface area contributed by atoms with Gasteiger partial charge in [-0.3, -0.25) is 0 Å². The Bertz CT molecular complexity index is 485. The van der Waals surface area contributed by atoms with Gasteiger partial charge in [-0.15, -0.1) is 11.3 Å². The third-order valence-corrected chi connectivity index (χ3v) is 3.64. The molecule has 0 bridgehead atoms. The Morgan fingerprint density at radius 1 is 1.37 bits per heavy atom. The lowest BCUT2D eigenvalue weighted by Gasteiger charge is -2.17. The fraction of sp³-hybridized carbons (Fsp3) is 0.400. The molecule has 2 aromatic rings. The van der Waals surface area contributed by atoms with Crippen LogP contribution in [0.3, 0.4) is 0 Å². The fourth-order valence-corrected chi connectivity index (χ4v) is 2.70. The van der Waals surface area contributed by atoms with E-state index in [0.717, 1.165) is 23.7 Å². The standard InChI is InChI=1S/C15H20N2OS/c1-3-8-16-14(15-17-9-10-19-15)12-6-5-7-13(11-12)18-4-2/h5-7,9-11,14,16H,3-4,8H2,1-2H3. The lowest BCUT2D eigenvalue weighted by atomic mass is 10.1. The smallest absolute Gasteiger partial charge is 0.119 e. The largest absolute Gasteiger partial charge is 0.494 e. The second-order valence-corrected chi connectivity index (χ2v) is 5.19. The van der Waals surface area contributed by atoms with Crippen LogP contribution in [0.4, 0.5) is 0 Å². The van der Waals surface area contributed by atoms with E-state index in [4.69, 9.17) is 4.74 Å². The molecule has 1 aromatic heterocycles. The van der Waals surface area contributed by atoms with Crippen LogP contribution in [0.2, 0.25) is 0 Å². The van der Waals surface area contributed by atoms with Crippen LogP contribution >= 0.6 is 11.3 Å². The highest BCUT2D eigenvalue weighted by molar-refractivity contribution is 7.09. The average molecular weight is 276 g/mol. The minimum absolute atomic E-state index is 0.153. The molecule has 0 aliphatic carbocycles. The number of aromatic nitrogens is 1. The molecule has 0 aliphatic rings. The maximum absolute atomic E-state index is 5.57. The van der Waals surface area contributed by atoms with Gasteiger partial charge in [-0.05, 0) is 37.6 Å². The van der Waals surface area contributed by atoms with Crippen LogP contribution in [-0.4, -0.2) is 18.1 Å². The van der Waals surface area contributed by atoms with Gasteiger partial charge in [0.2, 0.25) is 0 Å². The van der Waals surface area contributed by atoms with E-state index in [9.17, 15) is 0 Å². The molecule has 0 amide bonds. The van der Waals surface area contributed by atoms with Gasteiger partial charge in [0.25, 0.3) is 0 Å². The maximum Gasteiger partial charge on any atom is 0.119 e. The van der Waals surface area contributed by atoms with Crippen molar-refractivity contribution in [1.82, 2.24) is 10.3 Å². The predicted octanol–water partition coefficient (Wildman–Crippen LogP) is 3.63. The van der Waals surface area contributed by atoms with Gasteiger partial charge in [0.05, 0.1) is 12.6 Å². The maximum atomic E-state index is 5.57. The molecule has 102 valence electrons. The zero-order valence-corrected chi connectivity index (χ0v) is 12.2. The number of hydrogen-bond acceptors (Lipinski definition) is 4. The van der Waals surface area contributed by atoms with Crippen molar-refractivity contribution in [3.8, 4) is 5.75 Å². The molecule has 1 N–H and O–H groups in total. The summed E-state index contributed by atoms with van der Waals surface area (Å²) in [6, 6.07) is 8.40. The second kappa shape index (κ2) is 7.26. The van der Waals surface area contributed by atoms with Crippen molar-refractivity contribution in [2.45, 2.75) is 26.3 Å². The Labute approximate surface area is 118 Å². The molecule has 19 heavy (non-hydrogen) atoms. The average Bonchev–Trinajstić information content (AvgIpc) is 2.94. The van der Waals surface area contributed by atoms with Gasteiger partial charge in [-0.2, -0.15) is 0 Å². The normalized spacial score (nSPS) is 12.3. The molecule has 0 radical (unpaired) electrons. The summed E-state index contributed by atoms with van der Waals surface area (Å²) >= 11 is 1.68. The van der Waals surface area contributed by atoms with Crippen LogP contribution in [0.5, 0.6) is 5.75 Å². The summed E-state index contributed by atoms with van der Waals surface area (Å²) in [5.41, 5.74) is 1.20. The van der Waals surface area contributed by atoms with Crippen molar-refractivity contribution in [2.24, 2.45) is 0 Å². The van der Waals surface area contributed by atoms with Crippen LogP contribution in [0.25, 0.3) is 0 Å². The molecule has 0 saturated heterocycles. The number of ether oxygens (including phenoxy) is 1. The fourth-order valence-electron chi connectivity index (χ4n) is 1.96. The highest BCUT2D eigenvalue weighted by Gasteiger charge is 2.16. The third kappa shape index (κ3) is 3.78. The number of nitrogens with zero attached hydrogens (tertiary/aromatic N) is 1. The molecule has 0 spiro atoms. The van der Waals surface area contributed by atoms with Gasteiger partial charge in [-0.1, -0.05) is 19.1 Å². The van der Waals surface area contributed by atoms with E-state index in [2.05, 4.69) is 29.4 Å². The lowest BCUT2D eigenvalue weighted by Crippen LogP contribution is -2.23. The van der Waals surface area contributed by atoms with Crippen LogP contribution in [0, 0.1) is 0 Å². The summed E-state index contributed by atoms with van der Waals surface area (Å²) in [7, 11) is 0. The Morgan fingerprint density at radius 2 is 2.26 bits per heavy atom. The molecular weight excluding hydrogens is 256 g/mol. The van der Waals surface area contributed by atoms with E-state index in [1.54, 1.807) is 11.3 Å².